The van der Waals surface area contributed by atoms with Gasteiger partial charge >= 0.3 is 0 Å². The molecule has 108 valence electrons. The summed E-state index contributed by atoms with van der Waals surface area (Å²) in [6, 6.07) is 12.4. The molecule has 2 aromatic rings. The summed E-state index contributed by atoms with van der Waals surface area (Å²) in [5, 5.41) is 0. The molecule has 0 amide bonds. The average molecular weight is 337 g/mol. The molecule has 0 fully saturated rings. The van der Waals surface area contributed by atoms with E-state index in [4.69, 9.17) is 10.2 Å². The molecular formula is C16H21BrN2O. The first kappa shape index (κ1) is 15.3. The third-order valence-corrected chi connectivity index (χ3v) is 4.12. The third kappa shape index (κ3) is 3.51. The number of likely N-dealkylation sites (N-methyl/N-ethyl adjacent to an activating group) is 1. The van der Waals surface area contributed by atoms with Gasteiger partial charge in [-0.05, 0) is 44.7 Å². The number of hydrogen-bond acceptors (Lipinski definition) is 3. The summed E-state index contributed by atoms with van der Waals surface area (Å²) in [6.07, 6.45) is 0. The van der Waals surface area contributed by atoms with E-state index in [0.717, 1.165) is 22.5 Å². The molecular weight excluding hydrogens is 316 g/mol. The Morgan fingerprint density at radius 1 is 1.25 bits per heavy atom. The molecule has 2 unspecified atom stereocenters. The molecule has 2 atom stereocenters. The van der Waals surface area contributed by atoms with E-state index in [-0.39, 0.29) is 12.1 Å². The van der Waals surface area contributed by atoms with Crippen LogP contribution in [0.3, 0.4) is 0 Å². The Labute approximate surface area is 128 Å². The average Bonchev–Trinajstić information content (AvgIpc) is 2.77. The van der Waals surface area contributed by atoms with Gasteiger partial charge < -0.3 is 10.2 Å². The van der Waals surface area contributed by atoms with Crippen LogP contribution in [-0.4, -0.2) is 18.0 Å². The lowest BCUT2D eigenvalue weighted by Gasteiger charge is -2.31. The molecule has 0 bridgehead atoms. The van der Waals surface area contributed by atoms with Gasteiger partial charge in [0.25, 0.3) is 0 Å². The van der Waals surface area contributed by atoms with Crippen molar-refractivity contribution in [3.05, 3.63) is 58.0 Å². The second-order valence-corrected chi connectivity index (χ2v) is 6.11. The Hall–Kier alpha value is -1.10. The molecule has 0 saturated heterocycles. The molecule has 20 heavy (non-hydrogen) atoms. The number of benzene rings is 1. The van der Waals surface area contributed by atoms with Crippen molar-refractivity contribution in [1.82, 2.24) is 4.90 Å². The van der Waals surface area contributed by atoms with Gasteiger partial charge in [-0.2, -0.15) is 0 Å². The molecule has 1 aromatic carbocycles. The monoisotopic (exact) mass is 336 g/mol. The SMILES string of the molecule is Cc1ccc(CN(C)C(c2ccccc2Br)C(C)N)o1. The summed E-state index contributed by atoms with van der Waals surface area (Å²) in [5.74, 6) is 1.90. The highest BCUT2D eigenvalue weighted by Gasteiger charge is 2.23. The zero-order valence-corrected chi connectivity index (χ0v) is 13.7. The van der Waals surface area contributed by atoms with Crippen molar-refractivity contribution in [2.45, 2.75) is 32.5 Å². The number of aryl methyl sites for hydroxylation is 1. The van der Waals surface area contributed by atoms with E-state index >= 15 is 0 Å². The fraction of sp³-hybridized carbons (Fsp3) is 0.375. The first-order valence-corrected chi connectivity index (χ1v) is 7.54. The predicted molar refractivity (Wildman–Crippen MR) is 85.4 cm³/mol. The number of nitrogens with zero attached hydrogens (tertiary/aromatic N) is 1. The maximum absolute atomic E-state index is 6.20. The van der Waals surface area contributed by atoms with Crippen LogP contribution in [0.25, 0.3) is 0 Å². The van der Waals surface area contributed by atoms with Gasteiger partial charge in [0.1, 0.15) is 11.5 Å². The normalized spacial score (nSPS) is 14.5. The quantitative estimate of drug-likeness (QED) is 0.901. The van der Waals surface area contributed by atoms with Crippen LogP contribution < -0.4 is 5.73 Å². The molecule has 4 heteroatoms. The number of halogens is 1. The van der Waals surface area contributed by atoms with E-state index in [2.05, 4.69) is 40.0 Å². The van der Waals surface area contributed by atoms with E-state index in [0.29, 0.717) is 0 Å². The highest BCUT2D eigenvalue weighted by molar-refractivity contribution is 9.10. The van der Waals surface area contributed by atoms with Crippen LogP contribution in [0.1, 0.15) is 30.0 Å². The van der Waals surface area contributed by atoms with Crippen molar-refractivity contribution in [2.75, 3.05) is 7.05 Å². The van der Waals surface area contributed by atoms with Crippen LogP contribution in [0.2, 0.25) is 0 Å². The fourth-order valence-electron chi connectivity index (χ4n) is 2.55. The Morgan fingerprint density at radius 3 is 2.50 bits per heavy atom. The van der Waals surface area contributed by atoms with Crippen molar-refractivity contribution in [3.8, 4) is 0 Å². The summed E-state index contributed by atoms with van der Waals surface area (Å²) >= 11 is 3.62. The summed E-state index contributed by atoms with van der Waals surface area (Å²) in [7, 11) is 2.07. The Morgan fingerprint density at radius 2 is 1.95 bits per heavy atom. The van der Waals surface area contributed by atoms with Crippen molar-refractivity contribution in [3.63, 3.8) is 0 Å². The zero-order valence-electron chi connectivity index (χ0n) is 12.1. The van der Waals surface area contributed by atoms with E-state index in [9.17, 15) is 0 Å². The van der Waals surface area contributed by atoms with Gasteiger partial charge in [-0.3, -0.25) is 4.90 Å². The molecule has 2 N–H and O–H groups in total. The highest BCUT2D eigenvalue weighted by Crippen LogP contribution is 2.30. The van der Waals surface area contributed by atoms with Gasteiger partial charge in [0.15, 0.2) is 0 Å². The molecule has 3 nitrogen and oxygen atoms in total. The third-order valence-electron chi connectivity index (χ3n) is 3.40. The van der Waals surface area contributed by atoms with Crippen LogP contribution in [-0.2, 0) is 6.54 Å². The van der Waals surface area contributed by atoms with Crippen LogP contribution >= 0.6 is 15.9 Å². The number of nitrogens with two attached hydrogens (primary N) is 1. The molecule has 1 heterocycles. The molecule has 2 rings (SSSR count). The van der Waals surface area contributed by atoms with Gasteiger partial charge in [-0.1, -0.05) is 34.1 Å². The smallest absolute Gasteiger partial charge is 0.118 e. The van der Waals surface area contributed by atoms with Gasteiger partial charge in [0.05, 0.1) is 12.6 Å². The van der Waals surface area contributed by atoms with Crippen LogP contribution in [0.5, 0.6) is 0 Å². The zero-order chi connectivity index (χ0) is 14.7. The van der Waals surface area contributed by atoms with E-state index in [1.54, 1.807) is 0 Å². The first-order valence-electron chi connectivity index (χ1n) is 6.74. The topological polar surface area (TPSA) is 42.4 Å². The Balaban J connectivity index is 2.22. The van der Waals surface area contributed by atoms with Gasteiger partial charge in [0, 0.05) is 10.5 Å². The maximum Gasteiger partial charge on any atom is 0.118 e. The number of rotatable bonds is 5. The van der Waals surface area contributed by atoms with Crippen molar-refractivity contribution in [2.24, 2.45) is 5.73 Å². The molecule has 1 aromatic heterocycles. The minimum absolute atomic E-state index is 0.0229. The molecule has 0 saturated carbocycles. The van der Waals surface area contributed by atoms with Gasteiger partial charge in [-0.25, -0.2) is 0 Å². The maximum atomic E-state index is 6.20. The van der Waals surface area contributed by atoms with Crippen LogP contribution in [0.4, 0.5) is 0 Å². The molecule has 0 aliphatic rings. The van der Waals surface area contributed by atoms with Crippen molar-refractivity contribution < 1.29 is 4.42 Å². The second-order valence-electron chi connectivity index (χ2n) is 5.25. The summed E-state index contributed by atoms with van der Waals surface area (Å²) in [4.78, 5) is 2.23. The minimum Gasteiger partial charge on any atom is -0.465 e. The highest BCUT2D eigenvalue weighted by atomic mass is 79.9. The largest absolute Gasteiger partial charge is 0.465 e. The molecule has 0 aliphatic carbocycles. The lowest BCUT2D eigenvalue weighted by Crippen LogP contribution is -2.37. The molecule has 0 spiro atoms. The van der Waals surface area contributed by atoms with E-state index in [1.165, 1.54) is 5.56 Å². The first-order chi connectivity index (χ1) is 9.49. The molecule has 0 radical (unpaired) electrons. The van der Waals surface area contributed by atoms with E-state index < -0.39 is 0 Å². The number of hydrogen-bond donors (Lipinski definition) is 1. The second kappa shape index (κ2) is 6.57. The minimum atomic E-state index is 0.0229. The Kier molecular flexibility index (Phi) is 5.02. The summed E-state index contributed by atoms with van der Waals surface area (Å²) < 4.78 is 6.74. The summed E-state index contributed by atoms with van der Waals surface area (Å²) in [5.41, 5.74) is 7.41. The van der Waals surface area contributed by atoms with Crippen molar-refractivity contribution in [1.29, 1.82) is 0 Å². The van der Waals surface area contributed by atoms with Gasteiger partial charge in [0.2, 0.25) is 0 Å². The van der Waals surface area contributed by atoms with Crippen molar-refractivity contribution >= 4 is 15.9 Å². The van der Waals surface area contributed by atoms with E-state index in [1.807, 2.05) is 38.1 Å². The lowest BCUT2D eigenvalue weighted by atomic mass is 9.99. The van der Waals surface area contributed by atoms with Crippen LogP contribution in [0, 0.1) is 6.92 Å². The predicted octanol–water partition coefficient (Wildman–Crippen LogP) is 3.87. The standard InChI is InChI=1S/C16H21BrN2O/c1-11-8-9-13(20-11)10-19(3)16(12(2)18)14-6-4-5-7-15(14)17/h4-9,12,16H,10,18H2,1-3H3. The van der Waals surface area contributed by atoms with Gasteiger partial charge in [-0.15, -0.1) is 0 Å². The van der Waals surface area contributed by atoms with Crippen LogP contribution in [0.15, 0.2) is 45.3 Å². The Bertz CT molecular complexity index is 565. The lowest BCUT2D eigenvalue weighted by molar-refractivity contribution is 0.194. The molecule has 0 aliphatic heterocycles. The number of furan rings is 1. The summed E-state index contributed by atoms with van der Waals surface area (Å²) in [6.45, 7) is 4.73. The fourth-order valence-corrected chi connectivity index (χ4v) is 3.07.